The van der Waals surface area contributed by atoms with E-state index in [-0.39, 0.29) is 18.7 Å². The van der Waals surface area contributed by atoms with Gasteiger partial charge in [0.1, 0.15) is 5.01 Å². The van der Waals surface area contributed by atoms with Gasteiger partial charge in [-0.2, -0.15) is 0 Å². The average Bonchev–Trinajstić information content (AvgIpc) is 2.87. The van der Waals surface area contributed by atoms with Crippen LogP contribution in [0.15, 0.2) is 0 Å². The molecule has 7 heteroatoms. The van der Waals surface area contributed by atoms with E-state index in [1.807, 2.05) is 0 Å². The van der Waals surface area contributed by atoms with Crippen molar-refractivity contribution in [1.82, 2.24) is 10.2 Å². The Hall–Kier alpha value is -1.50. The summed E-state index contributed by atoms with van der Waals surface area (Å²) in [5, 5.41) is 20.8. The molecule has 6 nitrogen and oxygen atoms in total. The fraction of sp³-hybridized carbons (Fsp3) is 0.714. The minimum absolute atomic E-state index is 0.00369. The highest BCUT2D eigenvalue weighted by Crippen LogP contribution is 2.29. The van der Waals surface area contributed by atoms with Gasteiger partial charge >= 0.3 is 5.97 Å². The van der Waals surface area contributed by atoms with Crippen molar-refractivity contribution in [3.8, 4) is 0 Å². The highest BCUT2D eigenvalue weighted by molar-refractivity contribution is 7.15. The van der Waals surface area contributed by atoms with Crippen LogP contribution in [0.25, 0.3) is 0 Å². The first-order valence-corrected chi connectivity index (χ1v) is 8.23. The summed E-state index contributed by atoms with van der Waals surface area (Å²) in [5.74, 6) is -0.691. The molecule has 0 unspecified atom stereocenters. The molecule has 0 aliphatic carbocycles. The molecule has 0 saturated carbocycles. The second-order valence-electron chi connectivity index (χ2n) is 4.99. The van der Waals surface area contributed by atoms with Gasteiger partial charge in [0, 0.05) is 18.8 Å². The first-order valence-electron chi connectivity index (χ1n) is 7.41. The second kappa shape index (κ2) is 9.44. The summed E-state index contributed by atoms with van der Waals surface area (Å²) in [6.45, 7) is 4.29. The minimum Gasteiger partial charge on any atom is -0.481 e. The van der Waals surface area contributed by atoms with Crippen molar-refractivity contribution in [3.05, 3.63) is 5.01 Å². The van der Waals surface area contributed by atoms with Gasteiger partial charge in [-0.15, -0.1) is 10.2 Å². The molecule has 0 radical (unpaired) electrons. The molecule has 0 spiro atoms. The van der Waals surface area contributed by atoms with Crippen molar-refractivity contribution in [2.75, 3.05) is 5.32 Å². The number of carbonyl (C=O) groups excluding carboxylic acids is 1. The number of aromatic nitrogens is 2. The van der Waals surface area contributed by atoms with Crippen LogP contribution in [-0.4, -0.2) is 27.2 Å². The Balaban J connectivity index is 2.46. The van der Waals surface area contributed by atoms with Crippen molar-refractivity contribution >= 4 is 28.3 Å². The monoisotopic (exact) mass is 313 g/mol. The standard InChI is InChI=1S/C14H23N3O3S/c1-3-5-7-10(4-2)13-16-17-14(21-13)15-11(18)8-6-9-12(19)20/h10H,3-9H2,1-2H3,(H,19,20)(H,15,17,18)/t10-/m1/s1. The van der Waals surface area contributed by atoms with E-state index in [0.717, 1.165) is 30.7 Å². The molecule has 2 N–H and O–H groups in total. The third-order valence-corrected chi connectivity index (χ3v) is 4.23. The summed E-state index contributed by atoms with van der Waals surface area (Å²) in [7, 11) is 0. The van der Waals surface area contributed by atoms with Crippen LogP contribution < -0.4 is 5.32 Å². The molecule has 0 bridgehead atoms. The Kier molecular flexibility index (Phi) is 7.89. The predicted molar refractivity (Wildman–Crippen MR) is 82.6 cm³/mol. The molecule has 1 aromatic heterocycles. The largest absolute Gasteiger partial charge is 0.481 e. The number of amides is 1. The van der Waals surface area contributed by atoms with Crippen molar-refractivity contribution < 1.29 is 14.7 Å². The normalized spacial score (nSPS) is 12.1. The number of anilines is 1. The Morgan fingerprint density at radius 1 is 1.24 bits per heavy atom. The zero-order valence-corrected chi connectivity index (χ0v) is 13.4. The minimum atomic E-state index is -0.886. The number of carbonyl (C=O) groups is 2. The molecule has 118 valence electrons. The van der Waals surface area contributed by atoms with Gasteiger partial charge in [-0.3, -0.25) is 9.59 Å². The summed E-state index contributed by atoms with van der Waals surface area (Å²) in [5.41, 5.74) is 0. The van der Waals surface area contributed by atoms with E-state index in [1.165, 1.54) is 11.3 Å². The number of nitrogens with zero attached hydrogens (tertiary/aromatic N) is 2. The SMILES string of the molecule is CCCC[C@@H](CC)c1nnc(NC(=O)CCCC(=O)O)s1. The fourth-order valence-electron chi connectivity index (χ4n) is 1.98. The number of aliphatic carboxylic acids is 1. The highest BCUT2D eigenvalue weighted by Gasteiger charge is 2.15. The number of hydrogen-bond donors (Lipinski definition) is 2. The van der Waals surface area contributed by atoms with Gasteiger partial charge < -0.3 is 10.4 Å². The summed E-state index contributed by atoms with van der Waals surface area (Å²) >= 11 is 1.41. The zero-order chi connectivity index (χ0) is 15.7. The lowest BCUT2D eigenvalue weighted by Gasteiger charge is -2.09. The van der Waals surface area contributed by atoms with Crippen molar-refractivity contribution in [3.63, 3.8) is 0 Å². The van der Waals surface area contributed by atoms with Crippen molar-refractivity contribution in [1.29, 1.82) is 0 Å². The fourth-order valence-corrected chi connectivity index (χ4v) is 2.96. The Labute approximate surface area is 129 Å². The Morgan fingerprint density at radius 2 is 2.00 bits per heavy atom. The molecule has 1 amide bonds. The van der Waals surface area contributed by atoms with Crippen LogP contribution in [-0.2, 0) is 9.59 Å². The zero-order valence-electron chi connectivity index (χ0n) is 12.6. The number of carboxylic acid groups (broad SMARTS) is 1. The topological polar surface area (TPSA) is 92.2 Å². The molecular formula is C14H23N3O3S. The number of rotatable bonds is 10. The summed E-state index contributed by atoms with van der Waals surface area (Å²) < 4.78 is 0. The van der Waals surface area contributed by atoms with Crippen molar-refractivity contribution in [2.45, 2.75) is 64.7 Å². The highest BCUT2D eigenvalue weighted by atomic mass is 32.1. The quantitative estimate of drug-likeness (QED) is 0.690. The Morgan fingerprint density at radius 3 is 2.62 bits per heavy atom. The van der Waals surface area contributed by atoms with Crippen LogP contribution in [0, 0.1) is 0 Å². The van der Waals surface area contributed by atoms with Crippen molar-refractivity contribution in [2.24, 2.45) is 0 Å². The third-order valence-electron chi connectivity index (χ3n) is 3.23. The van der Waals surface area contributed by atoms with E-state index < -0.39 is 5.97 Å². The van der Waals surface area contributed by atoms with Crippen LogP contribution in [0.3, 0.4) is 0 Å². The van der Waals surface area contributed by atoms with Crippen LogP contribution in [0.5, 0.6) is 0 Å². The van der Waals surface area contributed by atoms with Crippen LogP contribution in [0.2, 0.25) is 0 Å². The molecule has 1 atom stereocenters. The van der Waals surface area contributed by atoms with Gasteiger partial charge in [-0.05, 0) is 19.3 Å². The lowest BCUT2D eigenvalue weighted by molar-refractivity contribution is -0.137. The van der Waals surface area contributed by atoms with Gasteiger partial charge in [0.15, 0.2) is 0 Å². The predicted octanol–water partition coefficient (Wildman–Crippen LogP) is 3.42. The molecule has 1 rings (SSSR count). The van der Waals surface area contributed by atoms with Gasteiger partial charge in [0.2, 0.25) is 11.0 Å². The number of unbranched alkanes of at least 4 members (excludes halogenated alkanes) is 1. The Bertz CT molecular complexity index is 462. The van der Waals surface area contributed by atoms with E-state index in [9.17, 15) is 9.59 Å². The number of carboxylic acids is 1. The molecule has 0 aliphatic rings. The molecule has 0 fully saturated rings. The lowest BCUT2D eigenvalue weighted by Crippen LogP contribution is -2.11. The van der Waals surface area contributed by atoms with Crippen LogP contribution in [0.4, 0.5) is 5.13 Å². The molecule has 1 heterocycles. The molecule has 0 saturated heterocycles. The summed E-state index contributed by atoms with van der Waals surface area (Å²) in [6.07, 6.45) is 4.95. The smallest absolute Gasteiger partial charge is 0.303 e. The van der Waals surface area contributed by atoms with Gasteiger partial charge in [0.05, 0.1) is 0 Å². The lowest BCUT2D eigenvalue weighted by atomic mass is 10.0. The summed E-state index contributed by atoms with van der Waals surface area (Å²) in [4.78, 5) is 22.0. The van der Waals surface area contributed by atoms with E-state index >= 15 is 0 Å². The number of nitrogens with one attached hydrogen (secondary N) is 1. The average molecular weight is 313 g/mol. The molecule has 0 aromatic carbocycles. The maximum absolute atomic E-state index is 11.6. The summed E-state index contributed by atoms with van der Waals surface area (Å²) in [6, 6.07) is 0. The molecule has 0 aliphatic heterocycles. The van der Waals surface area contributed by atoms with Gasteiger partial charge in [-0.25, -0.2) is 0 Å². The maximum Gasteiger partial charge on any atom is 0.303 e. The third kappa shape index (κ3) is 6.66. The van der Waals surface area contributed by atoms with Gasteiger partial charge in [0.25, 0.3) is 0 Å². The maximum atomic E-state index is 11.6. The first kappa shape index (κ1) is 17.6. The van der Waals surface area contributed by atoms with Crippen LogP contribution >= 0.6 is 11.3 Å². The molecular weight excluding hydrogens is 290 g/mol. The number of hydrogen-bond acceptors (Lipinski definition) is 5. The van der Waals surface area contributed by atoms with E-state index in [4.69, 9.17) is 5.11 Å². The van der Waals surface area contributed by atoms with Crippen LogP contribution in [0.1, 0.15) is 69.7 Å². The molecule has 1 aromatic rings. The first-order chi connectivity index (χ1) is 10.1. The van der Waals surface area contributed by atoms with Gasteiger partial charge in [-0.1, -0.05) is 38.0 Å². The molecule has 21 heavy (non-hydrogen) atoms. The van der Waals surface area contributed by atoms with E-state index in [1.54, 1.807) is 0 Å². The second-order valence-corrected chi connectivity index (χ2v) is 6.00. The van der Waals surface area contributed by atoms with E-state index in [0.29, 0.717) is 17.5 Å². The van der Waals surface area contributed by atoms with E-state index in [2.05, 4.69) is 29.4 Å².